The Kier molecular flexibility index (Phi) is 14.4. The molecule has 24 aromatic rings. The van der Waals surface area contributed by atoms with Crippen molar-refractivity contribution in [2.24, 2.45) is 0 Å². The van der Waals surface area contributed by atoms with Crippen LogP contribution in [0.1, 0.15) is 0 Å². The summed E-state index contributed by atoms with van der Waals surface area (Å²) in [6.07, 6.45) is 0. The van der Waals surface area contributed by atoms with Crippen LogP contribution in [0.25, 0.3) is 218 Å². The molecule has 0 bridgehead atoms. The fourth-order valence-corrected chi connectivity index (χ4v) is 21.3. The summed E-state index contributed by atoms with van der Waals surface area (Å²) in [4.78, 5) is 23.8. The summed E-state index contributed by atoms with van der Waals surface area (Å²) in [6, 6.07) is 117. The molecule has 1 N–H and O–H groups in total. The van der Waals surface area contributed by atoms with E-state index in [1.165, 1.54) is 148 Å². The van der Waals surface area contributed by atoms with Crippen LogP contribution in [0, 0.1) is 0 Å². The summed E-state index contributed by atoms with van der Waals surface area (Å²) in [7, 11) is 0. The monoisotopic (exact) mass is 1450 g/mol. The molecule has 0 saturated carbocycles. The first-order chi connectivity index (χ1) is 53.0. The van der Waals surface area contributed by atoms with Gasteiger partial charge in [0.15, 0.2) is 0 Å². The normalized spacial score (nSPS) is 12.0. The fourth-order valence-electron chi connectivity index (χ4n) is 16.3. The van der Waals surface area contributed by atoms with Crippen LogP contribution in [0.5, 0.6) is 0 Å². The Labute approximate surface area is 632 Å². The van der Waals surface area contributed by atoms with Crippen molar-refractivity contribution in [2.45, 2.75) is 0 Å². The van der Waals surface area contributed by atoms with Crippen molar-refractivity contribution in [3.63, 3.8) is 0 Å². The number of nitrogens with zero attached hydrogens (tertiary/aromatic N) is 5. The van der Waals surface area contributed by atoms with Gasteiger partial charge in [-0.15, -0.1) is 45.3 Å². The lowest BCUT2D eigenvalue weighted by molar-refractivity contribution is 1.02. The van der Waals surface area contributed by atoms with Crippen LogP contribution in [-0.2, 0) is 0 Å². The first-order valence-electron chi connectivity index (χ1n) is 35.7. The molecule has 8 aromatic heterocycles. The molecule has 0 spiro atoms. The maximum atomic E-state index is 6.30. The fraction of sp³-hybridized carbons (Fsp3) is 0. The van der Waals surface area contributed by atoms with Crippen molar-refractivity contribution in [2.75, 3.05) is 0 Å². The number of hydrogen-bond donors (Lipinski definition) is 1. The predicted octanol–water partition coefficient (Wildman–Crippen LogP) is 28.8. The Morgan fingerprint density at radius 1 is 0.271 bits per heavy atom. The highest BCUT2D eigenvalue weighted by Gasteiger charge is 2.26. The van der Waals surface area contributed by atoms with E-state index >= 15 is 0 Å². The van der Waals surface area contributed by atoms with Crippen molar-refractivity contribution < 1.29 is 0 Å². The van der Waals surface area contributed by atoms with Gasteiger partial charge >= 0.3 is 0 Å². The molecule has 0 aliphatic rings. The number of rotatable bonds is 5. The maximum absolute atomic E-state index is 6.30. The molecule has 0 saturated heterocycles. The molecule has 0 aliphatic heterocycles. The first kappa shape index (κ1) is 61.9. The second kappa shape index (κ2) is 24.8. The second-order valence-corrected chi connectivity index (χ2v) is 31.8. The number of thiophene rings is 4. The molecule has 0 amide bonds. The molecule has 0 fully saturated rings. The summed E-state index contributed by atoms with van der Waals surface area (Å²) in [5.41, 5.74) is 15.4. The quantitative estimate of drug-likeness (QED) is 0.174. The van der Waals surface area contributed by atoms with Crippen molar-refractivity contribution in [3.8, 4) is 50.7 Å². The minimum atomic E-state index is 0.277. The number of fused-ring (bicyclic) bond motifs is 28. The highest BCUT2D eigenvalue weighted by atomic mass is 35.5. The molecule has 11 heteroatoms. The summed E-state index contributed by atoms with van der Waals surface area (Å²) in [5.74, 6) is 0.690. The number of benzene rings is 16. The Morgan fingerprint density at radius 2 is 0.654 bits per heavy atom. The summed E-state index contributed by atoms with van der Waals surface area (Å²) in [6.45, 7) is 0. The van der Waals surface area contributed by atoms with Crippen LogP contribution < -0.4 is 0 Å². The molecule has 0 aliphatic carbocycles. The SMILES string of the molecule is Clc1nc(-c2ccc(-c3ccc4ccccc4c3)cc2)c2sc3ccccc3c2n1.c1ccc2c(c1)[nH]c1c3sc4ccccc4c3c3ccccc3c21.c1ccc2cc(-c3ccc(-c4nc(-n5c6ccccc6c6c7ccccc7c7c8ccccc8sc7c65)nc5c4sc4ccccc45)cc3)ccc2c1. The molecule has 0 atom stereocenters. The van der Waals surface area contributed by atoms with E-state index in [2.05, 4.69) is 335 Å². The lowest BCUT2D eigenvalue weighted by atomic mass is 9.99. The Balaban J connectivity index is 0.000000111. The molecule has 24 rings (SSSR count). The molecule has 500 valence electrons. The van der Waals surface area contributed by atoms with Crippen LogP contribution in [0.2, 0.25) is 5.28 Å². The van der Waals surface area contributed by atoms with E-state index in [0.29, 0.717) is 5.95 Å². The first-order valence-corrected chi connectivity index (χ1v) is 39.3. The standard InChI is InChI=1S/C48H27N3S2.C26H15ClN2S.C22H13NS/c1-2-12-31-27-32(26-23-28(31)11-1)29-21-24-30(25-22-29)43-47-44(37-17-7-10-20-40(37)53-47)50-48(49-43)51-38-18-8-5-15-35(38)41-33-13-3-4-14-34(33)42-36-16-6-9-19-39(36)52-46(42)45(41)51;27-26-28-23(25-24(29-26)21-7-3-4-8-22(21)30-25)18-12-9-17(10-13-18)20-14-11-16-5-1-2-6-19(16)15-20;1-2-8-14-13(7-1)19-15-9-3-5-11-17(15)23-21(19)22-20(14)16-10-4-6-12-18(16)24-22/h1-27H;1-15H;1-12,23H. The lowest BCUT2D eigenvalue weighted by Crippen LogP contribution is -2.03. The number of aromatic amines is 1. The highest BCUT2D eigenvalue weighted by molar-refractivity contribution is 7.28. The third-order valence-electron chi connectivity index (χ3n) is 21.2. The van der Waals surface area contributed by atoms with E-state index in [9.17, 15) is 0 Å². The minimum absolute atomic E-state index is 0.277. The topological polar surface area (TPSA) is 72.3 Å². The van der Waals surface area contributed by atoms with Gasteiger partial charge in [0.2, 0.25) is 11.2 Å². The van der Waals surface area contributed by atoms with E-state index in [4.69, 9.17) is 21.6 Å². The van der Waals surface area contributed by atoms with Crippen molar-refractivity contribution in [1.82, 2.24) is 29.5 Å². The van der Waals surface area contributed by atoms with Gasteiger partial charge in [-0.3, -0.25) is 4.57 Å². The van der Waals surface area contributed by atoms with Gasteiger partial charge in [0.1, 0.15) is 0 Å². The summed E-state index contributed by atoms with van der Waals surface area (Å²) >= 11 is 13.5. The molecule has 16 aromatic carbocycles. The van der Waals surface area contributed by atoms with Crippen LogP contribution >= 0.6 is 56.9 Å². The van der Waals surface area contributed by atoms with Gasteiger partial charge in [0.25, 0.3) is 0 Å². The molecular weight excluding hydrogens is 1400 g/mol. The largest absolute Gasteiger partial charge is 0.353 e. The van der Waals surface area contributed by atoms with Crippen molar-refractivity contribution in [3.05, 3.63) is 333 Å². The molecular formula is C96H55ClN6S4. The van der Waals surface area contributed by atoms with Gasteiger partial charge in [-0.1, -0.05) is 279 Å². The van der Waals surface area contributed by atoms with E-state index in [0.717, 1.165) is 64.8 Å². The number of hydrogen-bond acceptors (Lipinski definition) is 8. The molecule has 8 heterocycles. The zero-order valence-corrected chi connectivity index (χ0v) is 60.9. The van der Waals surface area contributed by atoms with Crippen molar-refractivity contribution in [1.29, 1.82) is 0 Å². The number of halogens is 1. The van der Waals surface area contributed by atoms with Crippen LogP contribution in [0.4, 0.5) is 0 Å². The predicted molar refractivity (Wildman–Crippen MR) is 463 cm³/mol. The number of aromatic nitrogens is 6. The van der Waals surface area contributed by atoms with Crippen LogP contribution in [0.3, 0.4) is 0 Å². The zero-order valence-electron chi connectivity index (χ0n) is 56.9. The van der Waals surface area contributed by atoms with Gasteiger partial charge in [0.05, 0.1) is 57.8 Å². The van der Waals surface area contributed by atoms with E-state index < -0.39 is 0 Å². The Morgan fingerprint density at radius 3 is 1.21 bits per heavy atom. The highest BCUT2D eigenvalue weighted by Crippen LogP contribution is 2.50. The molecule has 6 nitrogen and oxygen atoms in total. The maximum Gasteiger partial charge on any atom is 0.235 e. The van der Waals surface area contributed by atoms with Gasteiger partial charge in [-0.05, 0) is 125 Å². The number of para-hydroxylation sites is 2. The third-order valence-corrected chi connectivity index (χ3v) is 26.1. The van der Waals surface area contributed by atoms with E-state index in [-0.39, 0.29) is 5.28 Å². The number of H-pyrrole nitrogens is 1. The minimum Gasteiger partial charge on any atom is -0.353 e. The smallest absolute Gasteiger partial charge is 0.235 e. The average Bonchev–Trinajstić information content (AvgIpc) is 1.53. The Bertz CT molecular complexity index is 7680. The van der Waals surface area contributed by atoms with Gasteiger partial charge < -0.3 is 4.98 Å². The Hall–Kier alpha value is -12.5. The van der Waals surface area contributed by atoms with E-state index in [1.54, 1.807) is 22.7 Å². The number of nitrogens with one attached hydrogen (secondary N) is 1. The van der Waals surface area contributed by atoms with E-state index in [1.807, 2.05) is 34.8 Å². The summed E-state index contributed by atoms with van der Waals surface area (Å²) < 4.78 is 12.2. The molecule has 107 heavy (non-hydrogen) atoms. The van der Waals surface area contributed by atoms with Crippen LogP contribution in [0.15, 0.2) is 328 Å². The third kappa shape index (κ3) is 10.0. The molecule has 0 radical (unpaired) electrons. The lowest BCUT2D eigenvalue weighted by Gasteiger charge is -2.12. The van der Waals surface area contributed by atoms with Crippen molar-refractivity contribution >= 4 is 225 Å². The van der Waals surface area contributed by atoms with Crippen LogP contribution in [-0.4, -0.2) is 29.5 Å². The summed E-state index contributed by atoms with van der Waals surface area (Å²) in [5, 5.41) is 23.2. The van der Waals surface area contributed by atoms with Gasteiger partial charge in [-0.25, -0.2) is 19.9 Å². The zero-order chi connectivity index (χ0) is 70.4. The molecule has 0 unspecified atom stereocenters. The second-order valence-electron chi connectivity index (χ2n) is 27.2. The average molecular weight is 1460 g/mol. The van der Waals surface area contributed by atoms with Gasteiger partial charge in [-0.2, -0.15) is 0 Å². The van der Waals surface area contributed by atoms with Gasteiger partial charge in [0, 0.05) is 89.3 Å².